The summed E-state index contributed by atoms with van der Waals surface area (Å²) in [5.74, 6) is 2.76. The van der Waals surface area contributed by atoms with Crippen LogP contribution in [-0.4, -0.2) is 105 Å². The smallest absolute Gasteiger partial charge is 0.247 e. The minimum Gasteiger partial charge on any atom is -0.430 e. The van der Waals surface area contributed by atoms with Crippen LogP contribution in [0.5, 0.6) is 0 Å². The molecule has 2 fully saturated rings. The summed E-state index contributed by atoms with van der Waals surface area (Å²) >= 11 is 0. The van der Waals surface area contributed by atoms with Crippen LogP contribution in [0.15, 0.2) is 118 Å². The van der Waals surface area contributed by atoms with Gasteiger partial charge in [0.25, 0.3) is 0 Å². The molecule has 0 amide bonds. The van der Waals surface area contributed by atoms with Gasteiger partial charge in [0.2, 0.25) is 29.0 Å². The Balaban J connectivity index is 0.000000158. The average Bonchev–Trinajstić information content (AvgIpc) is 3.95. The number of benzene rings is 2. The van der Waals surface area contributed by atoms with E-state index in [0.717, 1.165) is 58.0 Å². The second-order valence-electron chi connectivity index (χ2n) is 14.6. The summed E-state index contributed by atoms with van der Waals surface area (Å²) in [4.78, 5) is 39.5. The Labute approximate surface area is 357 Å². The van der Waals surface area contributed by atoms with Crippen molar-refractivity contribution in [1.82, 2.24) is 39.9 Å². The zero-order chi connectivity index (χ0) is 42.1. The van der Waals surface area contributed by atoms with Crippen molar-refractivity contribution < 1.29 is 13.9 Å². The number of ether oxygens (including phenoxy) is 2. The van der Waals surface area contributed by atoms with Gasteiger partial charge >= 0.3 is 0 Å². The van der Waals surface area contributed by atoms with E-state index >= 15 is 0 Å². The first-order valence-electron chi connectivity index (χ1n) is 20.3. The van der Waals surface area contributed by atoms with E-state index in [4.69, 9.17) is 18.9 Å². The largest absolute Gasteiger partial charge is 0.430 e. The Hall–Kier alpha value is -7.63. The van der Waals surface area contributed by atoms with Crippen LogP contribution in [0, 0.1) is 13.8 Å². The maximum Gasteiger partial charge on any atom is 0.247 e. The normalized spacial score (nSPS) is 14.4. The van der Waals surface area contributed by atoms with Gasteiger partial charge in [-0.25, -0.2) is 15.8 Å². The van der Waals surface area contributed by atoms with E-state index in [1.54, 1.807) is 31.0 Å². The van der Waals surface area contributed by atoms with Crippen molar-refractivity contribution in [3.8, 4) is 22.8 Å². The summed E-state index contributed by atoms with van der Waals surface area (Å²) in [6, 6.07) is 27.8. The van der Waals surface area contributed by atoms with Crippen molar-refractivity contribution in [1.29, 1.82) is 0 Å². The van der Waals surface area contributed by atoms with E-state index < -0.39 is 0 Å². The lowest BCUT2D eigenvalue weighted by molar-refractivity contribution is 0.122. The van der Waals surface area contributed by atoms with Gasteiger partial charge in [-0.3, -0.25) is 9.97 Å². The first-order valence-corrected chi connectivity index (χ1v) is 20.3. The number of H-pyrrole nitrogens is 1. The number of oxazole rings is 1. The Morgan fingerprint density at radius 2 is 1.32 bits per heavy atom. The number of nitrogens with one attached hydrogen (secondary N) is 3. The van der Waals surface area contributed by atoms with E-state index in [0.29, 0.717) is 74.4 Å². The lowest BCUT2D eigenvalue weighted by Crippen LogP contribution is -2.37. The van der Waals surface area contributed by atoms with Crippen molar-refractivity contribution in [3.05, 3.63) is 126 Å². The summed E-state index contributed by atoms with van der Waals surface area (Å²) < 4.78 is 17.1. The molecule has 8 aromatic rings. The van der Waals surface area contributed by atoms with Crippen molar-refractivity contribution in [2.75, 3.05) is 73.3 Å². The molecule has 0 atom stereocenters. The minimum absolute atomic E-state index is 0.351. The number of pyridine rings is 2. The zero-order valence-electron chi connectivity index (χ0n) is 34.3. The fourth-order valence-electron chi connectivity index (χ4n) is 7.00. The van der Waals surface area contributed by atoms with Crippen LogP contribution in [-0.2, 0) is 9.47 Å². The number of fused-ring (bicyclic) bond motifs is 2. The predicted molar refractivity (Wildman–Crippen MR) is 241 cm³/mol. The molecule has 0 unspecified atom stereocenters. The van der Waals surface area contributed by atoms with Gasteiger partial charge in [0, 0.05) is 44.8 Å². The zero-order valence-corrected chi connectivity index (χ0v) is 34.3. The number of morpholine rings is 2. The lowest BCUT2D eigenvalue weighted by atomic mass is 10.2. The molecular weight excluding hydrogens is 785 g/mol. The number of aryl methyl sites for hydroxylation is 2. The third-order valence-corrected chi connectivity index (χ3v) is 10.0. The molecule has 0 spiro atoms. The Bertz CT molecular complexity index is 2620. The van der Waals surface area contributed by atoms with Gasteiger partial charge in [-0.15, -0.1) is 0 Å². The number of rotatable bonds is 10. The molecule has 17 heteroatoms. The summed E-state index contributed by atoms with van der Waals surface area (Å²) in [6.07, 6.45) is 8.70. The van der Waals surface area contributed by atoms with E-state index in [2.05, 4.69) is 84.8 Å². The van der Waals surface area contributed by atoms with Crippen LogP contribution in [0.3, 0.4) is 0 Å². The highest BCUT2D eigenvalue weighted by Gasteiger charge is 2.23. The van der Waals surface area contributed by atoms with Gasteiger partial charge < -0.3 is 28.7 Å². The summed E-state index contributed by atoms with van der Waals surface area (Å²) in [5, 5.41) is 8.64. The van der Waals surface area contributed by atoms with Crippen molar-refractivity contribution in [2.45, 2.75) is 13.8 Å². The first-order chi connectivity index (χ1) is 30.5. The molecule has 17 nitrogen and oxygen atoms in total. The van der Waals surface area contributed by atoms with Crippen molar-refractivity contribution in [2.24, 2.45) is 10.2 Å². The second kappa shape index (κ2) is 18.7. The average molecular weight is 829 g/mol. The fourth-order valence-corrected chi connectivity index (χ4v) is 7.00. The maximum absolute atomic E-state index is 6.06. The standard InChI is InChI=1S/C23H23N7O.C22H21N7O2/c1-16-5-4-6-17(13-16)15-25-29-23-27-20-14-19(18-7-2-3-8-24-18)26-21(20)22(28-23)30-9-11-31-12-10-30;1-15-4-2-5-16(12-15)13-24-28-22-26-19-18(20(27-22)29-8-10-30-11-9-29)31-21(25-19)17-6-3-7-23-14-17/h2-8,13-15,26H,9-12H2,1H3,(H,27,28,29);2-7,12-14H,8-11H2,1H3,(H,26,27,28)/b25-15+;24-13+. The fraction of sp³-hybridized carbons (Fsp3) is 0.222. The van der Waals surface area contributed by atoms with Crippen molar-refractivity contribution >= 4 is 58.2 Å². The summed E-state index contributed by atoms with van der Waals surface area (Å²) in [5.41, 5.74) is 15.5. The Morgan fingerprint density at radius 1 is 0.661 bits per heavy atom. The van der Waals surface area contributed by atoms with Crippen LogP contribution >= 0.6 is 0 Å². The van der Waals surface area contributed by atoms with Gasteiger partial charge in [-0.1, -0.05) is 65.7 Å². The van der Waals surface area contributed by atoms with Crippen LogP contribution < -0.4 is 20.7 Å². The molecule has 8 heterocycles. The molecule has 2 aromatic carbocycles. The van der Waals surface area contributed by atoms with Crippen LogP contribution in [0.2, 0.25) is 0 Å². The van der Waals surface area contributed by atoms with E-state index in [9.17, 15) is 0 Å². The second-order valence-corrected chi connectivity index (χ2v) is 14.6. The molecule has 2 aliphatic rings. The predicted octanol–water partition coefficient (Wildman–Crippen LogP) is 6.88. The molecule has 0 bridgehead atoms. The molecule has 2 saturated heterocycles. The lowest BCUT2D eigenvalue weighted by Gasteiger charge is -2.28. The summed E-state index contributed by atoms with van der Waals surface area (Å²) in [6.45, 7) is 9.67. The third-order valence-electron chi connectivity index (χ3n) is 10.0. The number of aromatic amines is 1. The molecular formula is C45H44N14O3. The quantitative estimate of drug-likeness (QED) is 0.0954. The molecule has 62 heavy (non-hydrogen) atoms. The molecule has 3 N–H and O–H groups in total. The maximum atomic E-state index is 6.06. The molecule has 0 radical (unpaired) electrons. The monoisotopic (exact) mass is 828 g/mol. The molecule has 6 aromatic heterocycles. The highest BCUT2D eigenvalue weighted by atomic mass is 16.5. The van der Waals surface area contributed by atoms with E-state index in [1.165, 1.54) is 11.1 Å². The van der Waals surface area contributed by atoms with Crippen LogP contribution in [0.4, 0.5) is 23.5 Å². The number of hydrazone groups is 2. The Morgan fingerprint density at radius 3 is 1.95 bits per heavy atom. The van der Waals surface area contributed by atoms with E-state index in [-0.39, 0.29) is 0 Å². The van der Waals surface area contributed by atoms with E-state index in [1.807, 2.05) is 79.7 Å². The molecule has 0 aliphatic carbocycles. The number of nitrogens with zero attached hydrogens (tertiary/aromatic N) is 11. The van der Waals surface area contributed by atoms with Gasteiger partial charge in [0.15, 0.2) is 11.6 Å². The SMILES string of the molecule is Cc1cccc(/C=N/Nc2nc(N3CCOCC3)c3[nH]c(-c4ccccn4)cc3n2)c1.Cc1cccc(/C=N/Nc2nc(N3CCOCC3)c3oc(-c4cccnc4)nc3n2)c1. The topological polar surface area (TPSA) is 193 Å². The molecule has 0 saturated carbocycles. The van der Waals surface area contributed by atoms with Gasteiger partial charge in [-0.2, -0.15) is 30.1 Å². The summed E-state index contributed by atoms with van der Waals surface area (Å²) in [7, 11) is 0. The number of aromatic nitrogens is 8. The molecule has 10 rings (SSSR count). The number of anilines is 4. The van der Waals surface area contributed by atoms with Crippen molar-refractivity contribution in [3.63, 3.8) is 0 Å². The first kappa shape index (κ1) is 39.8. The van der Waals surface area contributed by atoms with Crippen LogP contribution in [0.1, 0.15) is 22.3 Å². The highest BCUT2D eigenvalue weighted by Crippen LogP contribution is 2.32. The van der Waals surface area contributed by atoms with Gasteiger partial charge in [-0.05, 0) is 55.3 Å². The highest BCUT2D eigenvalue weighted by molar-refractivity contribution is 5.92. The minimum atomic E-state index is 0.351. The third kappa shape index (κ3) is 9.54. The molecule has 312 valence electrons. The number of hydrogen-bond donors (Lipinski definition) is 3. The molecule has 2 aliphatic heterocycles. The number of hydrogen-bond acceptors (Lipinski definition) is 16. The van der Waals surface area contributed by atoms with Crippen LogP contribution in [0.25, 0.3) is 45.1 Å². The Kier molecular flexibility index (Phi) is 12.0. The van der Waals surface area contributed by atoms with Gasteiger partial charge in [0.1, 0.15) is 5.52 Å². The van der Waals surface area contributed by atoms with Gasteiger partial charge in [0.05, 0.1) is 61.3 Å².